The number of hydrogen-bond acceptors (Lipinski definition) is 5. The molecule has 0 unspecified atom stereocenters. The average Bonchev–Trinajstić information content (AvgIpc) is 2.68. The van der Waals surface area contributed by atoms with Gasteiger partial charge in [-0.2, -0.15) is 0 Å². The number of carboxylic acid groups (broad SMARTS) is 1. The zero-order chi connectivity index (χ0) is 13.3. The number of carboxylic acids is 1. The minimum absolute atomic E-state index is 0.218. The van der Waals surface area contributed by atoms with E-state index in [4.69, 9.17) is 14.4 Å². The Morgan fingerprint density at radius 2 is 2.28 bits per heavy atom. The zero-order valence-electron chi connectivity index (χ0n) is 10.2. The summed E-state index contributed by atoms with van der Waals surface area (Å²) >= 11 is 0. The number of nitrogens with zero attached hydrogens (tertiary/aromatic N) is 2. The third-order valence-corrected chi connectivity index (χ3v) is 2.82. The summed E-state index contributed by atoms with van der Waals surface area (Å²) in [6.45, 7) is 3.84. The van der Waals surface area contributed by atoms with E-state index in [1.807, 2.05) is 0 Å². The van der Waals surface area contributed by atoms with E-state index in [2.05, 4.69) is 5.16 Å². The first-order valence-electron chi connectivity index (χ1n) is 5.47. The lowest BCUT2D eigenvalue weighted by atomic mass is 9.96. The third-order valence-electron chi connectivity index (χ3n) is 2.82. The van der Waals surface area contributed by atoms with Gasteiger partial charge in [0.15, 0.2) is 0 Å². The highest BCUT2D eigenvalue weighted by molar-refractivity contribution is 5.93. The van der Waals surface area contributed by atoms with Gasteiger partial charge in [-0.25, -0.2) is 4.79 Å². The molecule has 2 heterocycles. The van der Waals surface area contributed by atoms with Gasteiger partial charge in [0.1, 0.15) is 12.2 Å². The van der Waals surface area contributed by atoms with Crippen LogP contribution in [0.3, 0.4) is 0 Å². The van der Waals surface area contributed by atoms with Crippen LogP contribution in [0.4, 0.5) is 0 Å². The lowest BCUT2D eigenvalue weighted by Crippen LogP contribution is -2.63. The van der Waals surface area contributed by atoms with Crippen LogP contribution in [-0.2, 0) is 9.53 Å². The molecule has 0 spiro atoms. The molecule has 7 heteroatoms. The number of ether oxygens (including phenoxy) is 1. The first-order chi connectivity index (χ1) is 8.41. The van der Waals surface area contributed by atoms with Crippen molar-refractivity contribution in [3.05, 3.63) is 17.5 Å². The Hall–Kier alpha value is -1.89. The molecule has 2 rings (SSSR count). The molecule has 1 aromatic heterocycles. The van der Waals surface area contributed by atoms with Crippen molar-refractivity contribution < 1.29 is 24.0 Å². The predicted molar refractivity (Wildman–Crippen MR) is 59.1 cm³/mol. The lowest BCUT2D eigenvalue weighted by Gasteiger charge is -2.46. The quantitative estimate of drug-likeness (QED) is 0.830. The molecule has 0 bridgehead atoms. The molecule has 1 saturated heterocycles. The van der Waals surface area contributed by atoms with E-state index in [0.717, 1.165) is 0 Å². The van der Waals surface area contributed by atoms with Gasteiger partial charge in [0, 0.05) is 5.56 Å². The Kier molecular flexibility index (Phi) is 3.08. The van der Waals surface area contributed by atoms with Crippen LogP contribution in [0, 0.1) is 6.92 Å². The van der Waals surface area contributed by atoms with Gasteiger partial charge in [-0.3, -0.25) is 4.79 Å². The molecule has 7 nitrogen and oxygen atoms in total. The van der Waals surface area contributed by atoms with Crippen LogP contribution in [0.15, 0.2) is 10.7 Å². The predicted octanol–water partition coefficient (Wildman–Crippen LogP) is 0.299. The summed E-state index contributed by atoms with van der Waals surface area (Å²) in [5.74, 6) is -1.05. The summed E-state index contributed by atoms with van der Waals surface area (Å²) in [4.78, 5) is 23.9. The van der Waals surface area contributed by atoms with Gasteiger partial charge in [-0.05, 0) is 13.8 Å². The fourth-order valence-electron chi connectivity index (χ4n) is 1.87. The summed E-state index contributed by atoms with van der Waals surface area (Å²) in [6, 6.07) is 0. The Labute approximate surface area is 103 Å². The van der Waals surface area contributed by atoms with E-state index in [1.54, 1.807) is 13.8 Å². The molecular formula is C11H14N2O5. The number of aryl methyl sites for hydroxylation is 1. The molecule has 0 saturated carbocycles. The highest BCUT2D eigenvalue weighted by Crippen LogP contribution is 2.26. The van der Waals surface area contributed by atoms with Gasteiger partial charge >= 0.3 is 5.97 Å². The van der Waals surface area contributed by atoms with E-state index in [-0.39, 0.29) is 18.3 Å². The smallest absolute Gasteiger partial charge is 0.329 e. The minimum Gasteiger partial charge on any atom is -0.480 e. The zero-order valence-corrected chi connectivity index (χ0v) is 10.2. The standard InChI is InChI=1S/C11H14N2O5/c1-7-3-12-18-9(7)10(16)13-5-11(2,6-13)17-4-8(14)15/h3H,4-6H2,1-2H3,(H,14,15). The lowest BCUT2D eigenvalue weighted by molar-refractivity contribution is -0.160. The minimum atomic E-state index is -1.02. The Bertz CT molecular complexity index is 476. The van der Waals surface area contributed by atoms with Crippen molar-refractivity contribution in [1.82, 2.24) is 10.1 Å². The maximum atomic E-state index is 12.0. The number of carbonyl (C=O) groups excluding carboxylic acids is 1. The number of aromatic nitrogens is 1. The number of likely N-dealkylation sites (tertiary alicyclic amines) is 1. The molecule has 0 radical (unpaired) electrons. The molecule has 0 atom stereocenters. The van der Waals surface area contributed by atoms with Gasteiger partial charge in [0.25, 0.3) is 5.91 Å². The largest absolute Gasteiger partial charge is 0.480 e. The number of aliphatic carboxylic acids is 1. The highest BCUT2D eigenvalue weighted by Gasteiger charge is 2.44. The molecule has 1 aliphatic heterocycles. The van der Waals surface area contributed by atoms with Crippen LogP contribution in [0.2, 0.25) is 0 Å². The Morgan fingerprint density at radius 3 is 2.78 bits per heavy atom. The molecule has 98 valence electrons. The second-order valence-electron chi connectivity index (χ2n) is 4.63. The molecule has 0 aromatic carbocycles. The van der Waals surface area contributed by atoms with Gasteiger partial charge < -0.3 is 19.3 Å². The summed E-state index contributed by atoms with van der Waals surface area (Å²) in [7, 11) is 0. The number of carbonyl (C=O) groups is 2. The topological polar surface area (TPSA) is 92.9 Å². The maximum Gasteiger partial charge on any atom is 0.329 e. The SMILES string of the molecule is Cc1cnoc1C(=O)N1CC(C)(OCC(=O)O)C1. The Morgan fingerprint density at radius 1 is 1.61 bits per heavy atom. The van der Waals surface area contributed by atoms with E-state index < -0.39 is 11.6 Å². The second kappa shape index (κ2) is 4.41. The van der Waals surface area contributed by atoms with E-state index >= 15 is 0 Å². The third kappa shape index (κ3) is 2.35. The summed E-state index contributed by atoms with van der Waals surface area (Å²) in [5.41, 5.74) is 0.0853. The van der Waals surface area contributed by atoms with Gasteiger partial charge in [0.2, 0.25) is 5.76 Å². The average molecular weight is 254 g/mol. The molecule has 1 fully saturated rings. The normalized spacial score (nSPS) is 17.3. The van der Waals surface area contributed by atoms with Crippen molar-refractivity contribution in [3.8, 4) is 0 Å². The van der Waals surface area contributed by atoms with Crippen LogP contribution in [-0.4, -0.2) is 52.3 Å². The maximum absolute atomic E-state index is 12.0. The van der Waals surface area contributed by atoms with Gasteiger partial charge in [-0.15, -0.1) is 0 Å². The van der Waals surface area contributed by atoms with Gasteiger partial charge in [-0.1, -0.05) is 5.16 Å². The van der Waals surface area contributed by atoms with Crippen LogP contribution >= 0.6 is 0 Å². The van der Waals surface area contributed by atoms with Gasteiger partial charge in [0.05, 0.1) is 19.3 Å². The summed E-state index contributed by atoms with van der Waals surface area (Å²) in [6.07, 6.45) is 1.48. The van der Waals surface area contributed by atoms with Crippen molar-refractivity contribution in [2.24, 2.45) is 0 Å². The molecule has 18 heavy (non-hydrogen) atoms. The molecule has 1 aromatic rings. The molecule has 1 aliphatic rings. The number of amides is 1. The van der Waals surface area contributed by atoms with Crippen molar-refractivity contribution in [3.63, 3.8) is 0 Å². The van der Waals surface area contributed by atoms with Crippen LogP contribution in [0.25, 0.3) is 0 Å². The number of rotatable bonds is 4. The Balaban J connectivity index is 1.91. The summed E-state index contributed by atoms with van der Waals surface area (Å²) < 4.78 is 10.1. The fraction of sp³-hybridized carbons (Fsp3) is 0.545. The molecule has 0 aliphatic carbocycles. The summed E-state index contributed by atoms with van der Waals surface area (Å²) in [5, 5.41) is 12.1. The fourth-order valence-corrected chi connectivity index (χ4v) is 1.87. The van der Waals surface area contributed by atoms with Crippen LogP contribution in [0.5, 0.6) is 0 Å². The van der Waals surface area contributed by atoms with Crippen molar-refractivity contribution in [2.75, 3.05) is 19.7 Å². The van der Waals surface area contributed by atoms with E-state index in [0.29, 0.717) is 18.7 Å². The van der Waals surface area contributed by atoms with Crippen LogP contribution in [0.1, 0.15) is 23.0 Å². The first kappa shape index (κ1) is 12.6. The van der Waals surface area contributed by atoms with Crippen molar-refractivity contribution in [1.29, 1.82) is 0 Å². The van der Waals surface area contributed by atoms with Crippen molar-refractivity contribution in [2.45, 2.75) is 19.4 Å². The first-order valence-corrected chi connectivity index (χ1v) is 5.47. The van der Waals surface area contributed by atoms with E-state index in [9.17, 15) is 9.59 Å². The highest BCUT2D eigenvalue weighted by atomic mass is 16.5. The second-order valence-corrected chi connectivity index (χ2v) is 4.63. The molecular weight excluding hydrogens is 240 g/mol. The molecule has 1 N–H and O–H groups in total. The van der Waals surface area contributed by atoms with Crippen LogP contribution < -0.4 is 0 Å². The van der Waals surface area contributed by atoms with E-state index in [1.165, 1.54) is 11.1 Å². The molecule has 1 amide bonds. The monoisotopic (exact) mass is 254 g/mol. The number of hydrogen-bond donors (Lipinski definition) is 1. The van der Waals surface area contributed by atoms with Crippen molar-refractivity contribution >= 4 is 11.9 Å².